The Morgan fingerprint density at radius 2 is 2.07 bits per heavy atom. The number of nitrogens with zero attached hydrogens (tertiary/aromatic N) is 2. The molecule has 1 amide bonds. The second-order valence-corrected chi connectivity index (χ2v) is 8.15. The Labute approximate surface area is 165 Å². The van der Waals surface area contributed by atoms with Crippen LogP contribution >= 0.6 is 0 Å². The quantitative estimate of drug-likeness (QED) is 0.756. The maximum atomic E-state index is 12.2. The topological polar surface area (TPSA) is 41.9 Å². The van der Waals surface area contributed by atoms with Crippen LogP contribution in [-0.2, 0) is 9.53 Å². The smallest absolute Gasteiger partial charge is 0.225 e. The minimum Gasteiger partial charge on any atom is -0.370 e. The summed E-state index contributed by atoms with van der Waals surface area (Å²) in [6, 6.07) is 10.00. The molecule has 4 heteroatoms. The average molecular weight is 372 g/mol. The van der Waals surface area contributed by atoms with Crippen molar-refractivity contribution in [3.05, 3.63) is 58.0 Å². The third-order valence-electron chi connectivity index (χ3n) is 6.05. The predicted octanol–water partition coefficient (Wildman–Crippen LogP) is 1.74. The molecule has 2 atom stereocenters. The van der Waals surface area contributed by atoms with E-state index in [0.717, 1.165) is 62.3 Å². The molecule has 2 aliphatic carbocycles. The highest BCUT2D eigenvalue weighted by atomic mass is 16.5. The van der Waals surface area contributed by atoms with Gasteiger partial charge in [-0.15, -0.1) is 0 Å². The molecule has 5 rings (SSSR count). The summed E-state index contributed by atoms with van der Waals surface area (Å²) in [5, 5.41) is 2.01. The molecule has 0 bridgehead atoms. The van der Waals surface area contributed by atoms with Gasteiger partial charge in [0.05, 0.1) is 24.1 Å². The minimum absolute atomic E-state index is 0.0352. The maximum Gasteiger partial charge on any atom is 0.225 e. The van der Waals surface area contributed by atoms with Crippen LogP contribution in [0.15, 0.2) is 40.2 Å². The fraction of sp³-hybridized carbons (Fsp3) is 0.500. The van der Waals surface area contributed by atoms with E-state index in [4.69, 9.17) is 4.74 Å². The third kappa shape index (κ3) is 3.71. The van der Waals surface area contributed by atoms with Gasteiger partial charge in [-0.3, -0.25) is 9.79 Å². The van der Waals surface area contributed by atoms with Gasteiger partial charge in [0.1, 0.15) is 0 Å². The lowest BCUT2D eigenvalue weighted by atomic mass is 9.91. The molecule has 142 valence electrons. The minimum atomic E-state index is 0.0352. The SMILES string of the molecule is O=C(C1CC1)N1CCC(OC2C=C=C=C(C3C=c4c#cccc4=NC3)C2)CC1. The zero-order chi connectivity index (χ0) is 18.9. The molecule has 2 unspecified atom stereocenters. The van der Waals surface area contributed by atoms with E-state index < -0.39 is 0 Å². The summed E-state index contributed by atoms with van der Waals surface area (Å²) in [6.07, 6.45) is 9.29. The van der Waals surface area contributed by atoms with Gasteiger partial charge in [0, 0.05) is 36.6 Å². The second-order valence-electron chi connectivity index (χ2n) is 8.15. The highest BCUT2D eigenvalue weighted by molar-refractivity contribution is 5.81. The first-order valence-corrected chi connectivity index (χ1v) is 10.4. The number of carbonyl (C=O) groups excluding carboxylic acids is 1. The lowest BCUT2D eigenvalue weighted by Crippen LogP contribution is -2.42. The van der Waals surface area contributed by atoms with E-state index >= 15 is 0 Å². The summed E-state index contributed by atoms with van der Waals surface area (Å²) in [5.74, 6) is 0.897. The van der Waals surface area contributed by atoms with E-state index in [2.05, 4.69) is 34.7 Å². The van der Waals surface area contributed by atoms with Gasteiger partial charge in [0.2, 0.25) is 5.91 Å². The van der Waals surface area contributed by atoms with Crippen LogP contribution in [0.5, 0.6) is 0 Å². The Bertz CT molecular complexity index is 986. The second kappa shape index (κ2) is 7.46. The monoisotopic (exact) mass is 372 g/mol. The lowest BCUT2D eigenvalue weighted by Gasteiger charge is -2.34. The van der Waals surface area contributed by atoms with Gasteiger partial charge in [-0.25, -0.2) is 0 Å². The molecule has 2 heterocycles. The molecule has 1 aromatic rings. The van der Waals surface area contributed by atoms with Crippen molar-refractivity contribution in [2.24, 2.45) is 16.8 Å². The van der Waals surface area contributed by atoms with E-state index in [-0.39, 0.29) is 18.1 Å². The van der Waals surface area contributed by atoms with Crippen molar-refractivity contribution in [1.29, 1.82) is 0 Å². The van der Waals surface area contributed by atoms with E-state index in [0.29, 0.717) is 11.8 Å². The van der Waals surface area contributed by atoms with Gasteiger partial charge in [-0.05, 0) is 49.5 Å². The summed E-state index contributed by atoms with van der Waals surface area (Å²) in [5.41, 5.74) is 7.65. The fourth-order valence-corrected chi connectivity index (χ4v) is 4.25. The van der Waals surface area contributed by atoms with Crippen molar-refractivity contribution in [2.45, 2.75) is 44.3 Å². The molecule has 1 saturated heterocycles. The van der Waals surface area contributed by atoms with E-state index in [9.17, 15) is 4.79 Å². The standard InChI is InChI=1S/C24H24N2O2/c27-24(17-8-9-17)26-12-10-21(11-13-26)28-22-6-3-5-18(15-22)20-14-19-4-1-2-7-23(19)25-16-20/h2,6-7,14,17,20-22H,8-13,15-16H2. The van der Waals surface area contributed by atoms with Crippen molar-refractivity contribution in [3.63, 3.8) is 0 Å². The molecule has 0 N–H and O–H groups in total. The molecule has 2 fully saturated rings. The molecule has 0 spiro atoms. The summed E-state index contributed by atoms with van der Waals surface area (Å²) < 4.78 is 6.35. The van der Waals surface area contributed by atoms with E-state index in [1.807, 2.05) is 23.1 Å². The van der Waals surface area contributed by atoms with Crippen molar-refractivity contribution in [1.82, 2.24) is 4.90 Å². The molecule has 0 aromatic heterocycles. The Morgan fingerprint density at radius 1 is 1.21 bits per heavy atom. The van der Waals surface area contributed by atoms with Gasteiger partial charge < -0.3 is 9.64 Å². The van der Waals surface area contributed by atoms with Crippen LogP contribution in [0.2, 0.25) is 0 Å². The fourth-order valence-electron chi connectivity index (χ4n) is 4.25. The normalized spacial score (nSPS) is 26.6. The highest BCUT2D eigenvalue weighted by Crippen LogP contribution is 2.32. The van der Waals surface area contributed by atoms with Crippen LogP contribution in [0.4, 0.5) is 0 Å². The first-order chi connectivity index (χ1) is 13.8. The highest BCUT2D eigenvalue weighted by Gasteiger charge is 2.35. The number of fused-ring (bicyclic) bond motifs is 1. The zero-order valence-corrected chi connectivity index (χ0v) is 16.0. The third-order valence-corrected chi connectivity index (χ3v) is 6.05. The molecular weight excluding hydrogens is 348 g/mol. The molecule has 4 aliphatic rings. The average Bonchev–Trinajstić information content (AvgIpc) is 3.59. The van der Waals surface area contributed by atoms with Crippen LogP contribution < -0.4 is 10.6 Å². The number of piperidine rings is 1. The van der Waals surface area contributed by atoms with Crippen LogP contribution in [0.3, 0.4) is 0 Å². The maximum absolute atomic E-state index is 12.2. The summed E-state index contributed by atoms with van der Waals surface area (Å²) >= 11 is 0. The van der Waals surface area contributed by atoms with Crippen LogP contribution in [0.1, 0.15) is 32.1 Å². The molecule has 0 radical (unpaired) electrons. The molecular formula is C24H24N2O2. The van der Waals surface area contributed by atoms with Crippen molar-refractivity contribution < 1.29 is 9.53 Å². The van der Waals surface area contributed by atoms with Gasteiger partial charge >= 0.3 is 0 Å². The number of ether oxygens (including phenoxy) is 1. The van der Waals surface area contributed by atoms with Gasteiger partial charge in [-0.2, -0.15) is 0 Å². The van der Waals surface area contributed by atoms with Crippen molar-refractivity contribution in [3.8, 4) is 0 Å². The number of rotatable bonds is 4. The summed E-state index contributed by atoms with van der Waals surface area (Å²) in [4.78, 5) is 18.9. The zero-order valence-electron chi connectivity index (χ0n) is 16.0. The summed E-state index contributed by atoms with van der Waals surface area (Å²) in [6.45, 7) is 2.39. The first kappa shape index (κ1) is 17.5. The molecule has 4 nitrogen and oxygen atoms in total. The van der Waals surface area contributed by atoms with Gasteiger partial charge in [0.25, 0.3) is 0 Å². The number of carbonyl (C=O) groups is 1. The first-order valence-electron chi connectivity index (χ1n) is 10.4. The molecule has 28 heavy (non-hydrogen) atoms. The number of likely N-dealkylation sites (tertiary alicyclic amines) is 1. The van der Waals surface area contributed by atoms with Crippen molar-refractivity contribution in [2.75, 3.05) is 19.6 Å². The lowest BCUT2D eigenvalue weighted by molar-refractivity contribution is -0.135. The Balaban J connectivity index is 1.18. The van der Waals surface area contributed by atoms with Gasteiger partial charge in [0.15, 0.2) is 0 Å². The number of hydrogen-bond acceptors (Lipinski definition) is 3. The molecule has 2 aliphatic heterocycles. The van der Waals surface area contributed by atoms with Gasteiger partial charge in [-0.1, -0.05) is 29.7 Å². The van der Waals surface area contributed by atoms with Crippen molar-refractivity contribution >= 4 is 12.0 Å². The Morgan fingerprint density at radius 3 is 2.89 bits per heavy atom. The Kier molecular flexibility index (Phi) is 4.67. The van der Waals surface area contributed by atoms with Crippen LogP contribution in [-0.4, -0.2) is 42.6 Å². The van der Waals surface area contributed by atoms with E-state index in [1.165, 1.54) is 5.57 Å². The number of amides is 1. The Hall–Kier alpha value is -2.56. The summed E-state index contributed by atoms with van der Waals surface area (Å²) in [7, 11) is 0. The predicted molar refractivity (Wildman–Crippen MR) is 105 cm³/mol. The number of hydrogen-bond donors (Lipinski definition) is 0. The van der Waals surface area contributed by atoms with Crippen LogP contribution in [0.25, 0.3) is 6.08 Å². The largest absolute Gasteiger partial charge is 0.370 e. The molecule has 1 aromatic carbocycles. The van der Waals surface area contributed by atoms with E-state index in [1.54, 1.807) is 0 Å². The van der Waals surface area contributed by atoms with Crippen LogP contribution in [0, 0.1) is 24.0 Å². The molecule has 1 saturated carbocycles.